The minimum Gasteiger partial charge on any atom is -0.293 e. The molecule has 0 bridgehead atoms. The monoisotopic (exact) mass is 225 g/mol. The Labute approximate surface area is 92.1 Å². The molecule has 2 atom stereocenters. The fourth-order valence-corrected chi connectivity index (χ4v) is 6.79. The SMILES string of the molecule is C#CCN1C([SiH](C)C)CCC1[SiH](C)C. The number of nitrogens with zero attached hydrogens (tertiary/aromatic N) is 1. The average Bonchev–Trinajstić information content (AvgIpc) is 2.48. The number of hydrogen-bond acceptors (Lipinski definition) is 1. The van der Waals surface area contributed by atoms with Gasteiger partial charge in [-0.2, -0.15) is 0 Å². The van der Waals surface area contributed by atoms with Gasteiger partial charge in [0.05, 0.1) is 24.1 Å². The van der Waals surface area contributed by atoms with Gasteiger partial charge in [0.25, 0.3) is 0 Å². The van der Waals surface area contributed by atoms with Crippen LogP contribution < -0.4 is 0 Å². The van der Waals surface area contributed by atoms with Crippen molar-refractivity contribution in [2.24, 2.45) is 0 Å². The van der Waals surface area contributed by atoms with Gasteiger partial charge in [0, 0.05) is 11.3 Å². The molecule has 1 nitrogen and oxygen atoms in total. The van der Waals surface area contributed by atoms with Gasteiger partial charge in [0.2, 0.25) is 0 Å². The highest BCUT2D eigenvalue weighted by Gasteiger charge is 2.36. The van der Waals surface area contributed by atoms with E-state index in [-0.39, 0.29) is 0 Å². The van der Waals surface area contributed by atoms with Crippen LogP contribution in [0.5, 0.6) is 0 Å². The largest absolute Gasteiger partial charge is 0.293 e. The van der Waals surface area contributed by atoms with E-state index in [0.29, 0.717) is 0 Å². The maximum absolute atomic E-state index is 5.47. The molecule has 14 heavy (non-hydrogen) atoms. The summed E-state index contributed by atoms with van der Waals surface area (Å²) in [5, 5.41) is 0. The third-order valence-electron chi connectivity index (χ3n) is 3.42. The van der Waals surface area contributed by atoms with Crippen LogP contribution in [0.25, 0.3) is 0 Å². The molecule has 0 spiro atoms. The Balaban J connectivity index is 2.70. The smallest absolute Gasteiger partial charge is 0.0598 e. The minimum atomic E-state index is -0.540. The van der Waals surface area contributed by atoms with Crippen molar-refractivity contribution in [3.63, 3.8) is 0 Å². The zero-order valence-electron chi connectivity index (χ0n) is 9.96. The van der Waals surface area contributed by atoms with Gasteiger partial charge in [0.1, 0.15) is 0 Å². The van der Waals surface area contributed by atoms with Crippen molar-refractivity contribution in [1.82, 2.24) is 4.90 Å². The van der Waals surface area contributed by atoms with E-state index < -0.39 is 17.6 Å². The zero-order valence-corrected chi connectivity index (χ0v) is 12.3. The molecule has 1 aliphatic rings. The third kappa shape index (κ3) is 2.50. The number of likely N-dealkylation sites (tertiary alicyclic amines) is 1. The van der Waals surface area contributed by atoms with Crippen LogP contribution in [0.1, 0.15) is 12.8 Å². The minimum absolute atomic E-state index is 0.540. The molecule has 0 aromatic carbocycles. The number of rotatable bonds is 3. The lowest BCUT2D eigenvalue weighted by molar-refractivity contribution is 0.315. The van der Waals surface area contributed by atoms with Gasteiger partial charge in [-0.1, -0.05) is 32.1 Å². The Hall–Kier alpha value is -0.0462. The molecule has 0 aliphatic carbocycles. The average molecular weight is 225 g/mol. The first-order valence-electron chi connectivity index (χ1n) is 5.77. The number of hydrogen-bond donors (Lipinski definition) is 0. The molecule has 2 unspecified atom stereocenters. The second-order valence-electron chi connectivity index (χ2n) is 5.08. The van der Waals surface area contributed by atoms with Crippen LogP contribution in [0.3, 0.4) is 0 Å². The molecular weight excluding hydrogens is 202 g/mol. The lowest BCUT2D eigenvalue weighted by Crippen LogP contribution is -2.47. The summed E-state index contributed by atoms with van der Waals surface area (Å²) in [6, 6.07) is 0. The molecule has 1 rings (SSSR count). The van der Waals surface area contributed by atoms with Crippen molar-refractivity contribution in [2.45, 2.75) is 50.4 Å². The van der Waals surface area contributed by atoms with E-state index in [0.717, 1.165) is 17.9 Å². The van der Waals surface area contributed by atoms with Crippen molar-refractivity contribution in [2.75, 3.05) is 6.54 Å². The van der Waals surface area contributed by atoms with Crippen LogP contribution >= 0.6 is 0 Å². The molecule has 80 valence electrons. The Morgan fingerprint density at radius 3 is 1.86 bits per heavy atom. The van der Waals surface area contributed by atoms with Crippen LogP contribution in [0.4, 0.5) is 0 Å². The zero-order chi connectivity index (χ0) is 10.7. The molecular formula is C11H23NSi2. The van der Waals surface area contributed by atoms with Crippen molar-refractivity contribution >= 4 is 17.6 Å². The summed E-state index contributed by atoms with van der Waals surface area (Å²) in [6.07, 6.45) is 8.31. The van der Waals surface area contributed by atoms with E-state index in [1.807, 2.05) is 0 Å². The fraction of sp³-hybridized carbons (Fsp3) is 0.818. The Bertz CT molecular complexity index is 204. The first kappa shape index (κ1) is 12.0. The topological polar surface area (TPSA) is 3.24 Å². The van der Waals surface area contributed by atoms with Crippen LogP contribution in [-0.2, 0) is 0 Å². The van der Waals surface area contributed by atoms with Crippen molar-refractivity contribution in [3.8, 4) is 12.3 Å². The van der Waals surface area contributed by atoms with E-state index in [4.69, 9.17) is 6.42 Å². The lowest BCUT2D eigenvalue weighted by atomic mass is 10.4. The van der Waals surface area contributed by atoms with E-state index in [1.54, 1.807) is 0 Å². The maximum atomic E-state index is 5.47. The standard InChI is InChI=1S/C11H23NSi2/c1-6-9-12-10(13(2)3)7-8-11(12)14(4)5/h1,10-11,13-14H,7-9H2,2-5H3. The summed E-state index contributed by atoms with van der Waals surface area (Å²) in [6.45, 7) is 10.7. The lowest BCUT2D eigenvalue weighted by Gasteiger charge is -2.32. The Kier molecular flexibility index (Phi) is 4.43. The molecule has 1 fully saturated rings. The Morgan fingerprint density at radius 2 is 1.57 bits per heavy atom. The first-order chi connectivity index (χ1) is 6.57. The molecule has 0 aromatic heterocycles. The molecule has 0 radical (unpaired) electrons. The van der Waals surface area contributed by atoms with Gasteiger partial charge in [0.15, 0.2) is 0 Å². The third-order valence-corrected chi connectivity index (χ3v) is 7.93. The predicted molar refractivity (Wildman–Crippen MR) is 70.1 cm³/mol. The first-order valence-corrected chi connectivity index (χ1v) is 11.7. The molecule has 0 saturated carbocycles. The molecule has 0 N–H and O–H groups in total. The maximum Gasteiger partial charge on any atom is 0.0598 e. The van der Waals surface area contributed by atoms with E-state index in [2.05, 4.69) is 37.0 Å². The van der Waals surface area contributed by atoms with E-state index in [9.17, 15) is 0 Å². The summed E-state index contributed by atoms with van der Waals surface area (Å²) < 4.78 is 0. The summed E-state index contributed by atoms with van der Waals surface area (Å²) in [5.41, 5.74) is 1.76. The van der Waals surface area contributed by atoms with Gasteiger partial charge in [-0.05, 0) is 12.8 Å². The van der Waals surface area contributed by atoms with Crippen molar-refractivity contribution in [1.29, 1.82) is 0 Å². The molecule has 1 aliphatic heterocycles. The van der Waals surface area contributed by atoms with Gasteiger partial charge in [-0.25, -0.2) is 0 Å². The highest BCUT2D eigenvalue weighted by Crippen LogP contribution is 2.27. The predicted octanol–water partition coefficient (Wildman–Crippen LogP) is 1.50. The summed E-state index contributed by atoms with van der Waals surface area (Å²) in [5.74, 6) is 2.85. The van der Waals surface area contributed by atoms with Crippen molar-refractivity contribution < 1.29 is 0 Å². The Morgan fingerprint density at radius 1 is 1.14 bits per heavy atom. The summed E-state index contributed by atoms with van der Waals surface area (Å²) >= 11 is 0. The molecule has 0 amide bonds. The van der Waals surface area contributed by atoms with Crippen LogP contribution in [-0.4, -0.2) is 40.4 Å². The molecule has 3 heteroatoms. The van der Waals surface area contributed by atoms with Gasteiger partial charge in [-0.15, -0.1) is 6.42 Å². The molecule has 0 aromatic rings. The number of terminal acetylenes is 1. The van der Waals surface area contributed by atoms with Crippen LogP contribution in [0.15, 0.2) is 0 Å². The summed E-state index contributed by atoms with van der Waals surface area (Å²) in [7, 11) is -1.08. The molecule has 1 heterocycles. The van der Waals surface area contributed by atoms with E-state index in [1.165, 1.54) is 12.8 Å². The normalized spacial score (nSPS) is 28.6. The van der Waals surface area contributed by atoms with Crippen LogP contribution in [0.2, 0.25) is 26.2 Å². The quantitative estimate of drug-likeness (QED) is 0.520. The van der Waals surface area contributed by atoms with E-state index >= 15 is 0 Å². The van der Waals surface area contributed by atoms with Crippen LogP contribution in [0, 0.1) is 12.3 Å². The van der Waals surface area contributed by atoms with Gasteiger partial charge >= 0.3 is 0 Å². The highest BCUT2D eigenvalue weighted by atomic mass is 28.3. The highest BCUT2D eigenvalue weighted by molar-refractivity contribution is 6.60. The summed E-state index contributed by atoms with van der Waals surface area (Å²) in [4.78, 5) is 2.66. The second-order valence-corrected chi connectivity index (χ2v) is 11.6. The van der Waals surface area contributed by atoms with Gasteiger partial charge < -0.3 is 0 Å². The molecule has 1 saturated heterocycles. The fourth-order valence-electron chi connectivity index (χ4n) is 2.69. The second kappa shape index (κ2) is 5.15. The van der Waals surface area contributed by atoms with Gasteiger partial charge in [-0.3, -0.25) is 4.90 Å². The van der Waals surface area contributed by atoms with Crippen molar-refractivity contribution in [3.05, 3.63) is 0 Å².